The first-order valence-electron chi connectivity index (χ1n) is 10.2. The van der Waals surface area contributed by atoms with Crippen LogP contribution in [0.2, 0.25) is 16.6 Å². The van der Waals surface area contributed by atoms with E-state index >= 15 is 0 Å². The maximum Gasteiger partial charge on any atom is 0.201 e. The summed E-state index contributed by atoms with van der Waals surface area (Å²) in [6, 6.07) is 10.4. The molecule has 0 aromatic heterocycles. The zero-order chi connectivity index (χ0) is 19.4. The van der Waals surface area contributed by atoms with Gasteiger partial charge < -0.3 is 9.16 Å². The average molecular weight is 375 g/mol. The van der Waals surface area contributed by atoms with Crippen molar-refractivity contribution in [1.29, 1.82) is 0 Å². The van der Waals surface area contributed by atoms with Crippen molar-refractivity contribution in [2.45, 2.75) is 96.2 Å². The molecule has 3 heteroatoms. The molecule has 0 heterocycles. The third kappa shape index (κ3) is 4.32. The Balaban J connectivity index is 2.22. The highest BCUT2D eigenvalue weighted by Crippen LogP contribution is 2.48. The molecule has 1 aliphatic rings. The Hall–Kier alpha value is -0.903. The lowest BCUT2D eigenvalue weighted by atomic mass is 9.95. The molecular weight excluding hydrogens is 336 g/mol. The SMILES string of the molecule is CC(OCc1ccccc1)C1(O[Si](C(C)C)(C(C)C)C(C)C)CC=CC1. The number of benzene rings is 1. The third-order valence-electron chi connectivity index (χ3n) is 6.26. The Bertz CT molecular complexity index is 547. The van der Waals surface area contributed by atoms with Gasteiger partial charge in [-0.3, -0.25) is 0 Å². The van der Waals surface area contributed by atoms with E-state index in [1.54, 1.807) is 0 Å². The molecule has 1 aromatic carbocycles. The molecule has 26 heavy (non-hydrogen) atoms. The van der Waals surface area contributed by atoms with Crippen LogP contribution in [0.5, 0.6) is 0 Å². The lowest BCUT2D eigenvalue weighted by molar-refractivity contribution is -0.0921. The topological polar surface area (TPSA) is 18.5 Å². The molecule has 0 fully saturated rings. The van der Waals surface area contributed by atoms with Crippen molar-refractivity contribution in [1.82, 2.24) is 0 Å². The van der Waals surface area contributed by atoms with Gasteiger partial charge in [-0.15, -0.1) is 0 Å². The highest BCUT2D eigenvalue weighted by molar-refractivity contribution is 6.77. The first-order chi connectivity index (χ1) is 12.2. The molecule has 0 N–H and O–H groups in total. The van der Waals surface area contributed by atoms with Gasteiger partial charge in [0.15, 0.2) is 0 Å². The Kier molecular flexibility index (Phi) is 7.29. The van der Waals surface area contributed by atoms with Gasteiger partial charge in [0, 0.05) is 0 Å². The molecule has 0 spiro atoms. The van der Waals surface area contributed by atoms with Crippen molar-refractivity contribution in [3.05, 3.63) is 48.0 Å². The summed E-state index contributed by atoms with van der Waals surface area (Å²) < 4.78 is 13.6. The van der Waals surface area contributed by atoms with E-state index in [1.165, 1.54) is 5.56 Å². The van der Waals surface area contributed by atoms with Crippen molar-refractivity contribution < 1.29 is 9.16 Å². The van der Waals surface area contributed by atoms with E-state index in [1.807, 2.05) is 6.07 Å². The zero-order valence-corrected chi connectivity index (χ0v) is 18.8. The molecule has 2 nitrogen and oxygen atoms in total. The number of rotatable bonds is 9. The molecule has 0 amide bonds. The van der Waals surface area contributed by atoms with Gasteiger partial charge in [0.05, 0.1) is 18.3 Å². The summed E-state index contributed by atoms with van der Waals surface area (Å²) in [7, 11) is -1.96. The Labute approximate surface area is 162 Å². The molecule has 2 rings (SSSR count). The molecule has 146 valence electrons. The largest absolute Gasteiger partial charge is 0.407 e. The first-order valence-corrected chi connectivity index (χ1v) is 12.4. The van der Waals surface area contributed by atoms with Crippen LogP contribution >= 0.6 is 0 Å². The summed E-state index contributed by atoms with van der Waals surface area (Å²) in [6.07, 6.45) is 6.56. The fourth-order valence-corrected chi connectivity index (χ4v) is 10.5. The van der Waals surface area contributed by atoms with E-state index in [-0.39, 0.29) is 11.7 Å². The normalized spacial score (nSPS) is 18.2. The van der Waals surface area contributed by atoms with Gasteiger partial charge in [-0.2, -0.15) is 0 Å². The smallest absolute Gasteiger partial charge is 0.201 e. The number of hydrogen-bond donors (Lipinski definition) is 0. The van der Waals surface area contributed by atoms with E-state index in [0.29, 0.717) is 23.2 Å². The van der Waals surface area contributed by atoms with Crippen LogP contribution in [-0.2, 0) is 15.8 Å². The van der Waals surface area contributed by atoms with Gasteiger partial charge in [-0.1, -0.05) is 84.0 Å². The number of hydrogen-bond acceptors (Lipinski definition) is 2. The minimum Gasteiger partial charge on any atom is -0.407 e. The first kappa shape index (κ1) is 21.4. The molecule has 0 bridgehead atoms. The second-order valence-corrected chi connectivity index (χ2v) is 14.2. The van der Waals surface area contributed by atoms with Crippen LogP contribution in [0.4, 0.5) is 0 Å². The van der Waals surface area contributed by atoms with Gasteiger partial charge >= 0.3 is 0 Å². The van der Waals surface area contributed by atoms with Crippen LogP contribution in [-0.4, -0.2) is 20.0 Å². The molecule has 0 saturated heterocycles. The van der Waals surface area contributed by atoms with Crippen LogP contribution in [0, 0.1) is 0 Å². The van der Waals surface area contributed by atoms with E-state index in [0.717, 1.165) is 12.8 Å². The third-order valence-corrected chi connectivity index (χ3v) is 12.4. The van der Waals surface area contributed by atoms with Crippen LogP contribution in [0.15, 0.2) is 42.5 Å². The fourth-order valence-electron chi connectivity index (χ4n) is 4.80. The summed E-state index contributed by atoms with van der Waals surface area (Å²) in [4.78, 5) is 0. The highest BCUT2D eigenvalue weighted by atomic mass is 28.4. The molecule has 0 aliphatic heterocycles. The van der Waals surface area contributed by atoms with E-state index < -0.39 is 8.32 Å². The maximum atomic E-state index is 7.27. The second kappa shape index (κ2) is 8.86. The van der Waals surface area contributed by atoms with Crippen molar-refractivity contribution in [3.8, 4) is 0 Å². The summed E-state index contributed by atoms with van der Waals surface area (Å²) in [5, 5.41) is 0. The maximum absolute atomic E-state index is 7.27. The van der Waals surface area contributed by atoms with Crippen LogP contribution in [0.1, 0.15) is 66.9 Å². The molecule has 1 unspecified atom stereocenters. The lowest BCUT2D eigenvalue weighted by Crippen LogP contribution is -2.57. The van der Waals surface area contributed by atoms with Gasteiger partial charge in [0.25, 0.3) is 0 Å². The minimum absolute atomic E-state index is 0.0702. The van der Waals surface area contributed by atoms with Crippen molar-refractivity contribution in [3.63, 3.8) is 0 Å². The van der Waals surface area contributed by atoms with E-state index in [2.05, 4.69) is 84.9 Å². The van der Waals surface area contributed by atoms with Crippen molar-refractivity contribution >= 4 is 8.32 Å². The lowest BCUT2D eigenvalue weighted by Gasteiger charge is -2.50. The zero-order valence-electron chi connectivity index (χ0n) is 17.8. The van der Waals surface area contributed by atoms with Crippen molar-refractivity contribution in [2.75, 3.05) is 0 Å². The standard InChI is InChI=1S/C23H38O2Si/c1-18(2)26(19(3)4,20(5)6)25-23(15-11-12-16-23)21(7)24-17-22-13-9-8-10-14-22/h8-14,18-21H,15-17H2,1-7H3. The Morgan fingerprint density at radius 1 is 0.846 bits per heavy atom. The minimum atomic E-state index is -1.96. The molecule has 1 aliphatic carbocycles. The van der Waals surface area contributed by atoms with Gasteiger partial charge in [0.2, 0.25) is 8.32 Å². The van der Waals surface area contributed by atoms with Gasteiger partial charge in [0.1, 0.15) is 0 Å². The second-order valence-electron chi connectivity index (χ2n) is 8.80. The van der Waals surface area contributed by atoms with Crippen LogP contribution < -0.4 is 0 Å². The molecule has 0 radical (unpaired) electrons. The molecule has 1 atom stereocenters. The fraction of sp³-hybridized carbons (Fsp3) is 0.652. The van der Waals surface area contributed by atoms with Crippen molar-refractivity contribution in [2.24, 2.45) is 0 Å². The monoisotopic (exact) mass is 374 g/mol. The quantitative estimate of drug-likeness (QED) is 0.347. The van der Waals surface area contributed by atoms with Crippen LogP contribution in [0.25, 0.3) is 0 Å². The average Bonchev–Trinajstić information content (AvgIpc) is 3.07. The van der Waals surface area contributed by atoms with E-state index in [9.17, 15) is 0 Å². The van der Waals surface area contributed by atoms with Gasteiger partial charge in [-0.25, -0.2) is 0 Å². The predicted molar refractivity (Wildman–Crippen MR) is 114 cm³/mol. The molecule has 0 saturated carbocycles. The summed E-state index contributed by atoms with van der Waals surface area (Å²) in [5.74, 6) is 0. The predicted octanol–water partition coefficient (Wildman–Crippen LogP) is 6.87. The highest BCUT2D eigenvalue weighted by Gasteiger charge is 2.52. The Morgan fingerprint density at radius 3 is 1.81 bits per heavy atom. The summed E-state index contributed by atoms with van der Waals surface area (Å²) in [5.41, 5.74) is 2.77. The summed E-state index contributed by atoms with van der Waals surface area (Å²) >= 11 is 0. The molecule has 1 aromatic rings. The van der Waals surface area contributed by atoms with Crippen LogP contribution in [0.3, 0.4) is 0 Å². The Morgan fingerprint density at radius 2 is 1.35 bits per heavy atom. The van der Waals surface area contributed by atoms with E-state index in [4.69, 9.17) is 9.16 Å². The van der Waals surface area contributed by atoms with Gasteiger partial charge in [-0.05, 0) is 42.0 Å². The summed E-state index contributed by atoms with van der Waals surface area (Å²) in [6.45, 7) is 17.0. The number of ether oxygens (including phenoxy) is 1. The molecular formula is C23H38O2Si.